The number of hydrogen-bond donors (Lipinski definition) is 1. The first kappa shape index (κ1) is 11.9. The predicted octanol–water partition coefficient (Wildman–Crippen LogP) is 3.20. The van der Waals surface area contributed by atoms with E-state index in [-0.39, 0.29) is 0 Å². The highest BCUT2D eigenvalue weighted by atomic mass is 79.9. The van der Waals surface area contributed by atoms with E-state index >= 15 is 0 Å². The van der Waals surface area contributed by atoms with E-state index in [9.17, 15) is 0 Å². The average Bonchev–Trinajstić information content (AvgIpc) is 2.27. The number of halogens is 1. The molecule has 1 saturated heterocycles. The molecule has 1 atom stereocenters. The lowest BCUT2D eigenvalue weighted by Gasteiger charge is -2.24. The van der Waals surface area contributed by atoms with Crippen LogP contribution in [0.25, 0.3) is 0 Å². The molecule has 1 unspecified atom stereocenters. The molecule has 0 aliphatic carbocycles. The Morgan fingerprint density at radius 2 is 2.00 bits per heavy atom. The summed E-state index contributed by atoms with van der Waals surface area (Å²) in [4.78, 5) is 0. The zero-order valence-corrected chi connectivity index (χ0v) is 11.4. The topological polar surface area (TPSA) is 21.3 Å². The molecule has 16 heavy (non-hydrogen) atoms. The van der Waals surface area contributed by atoms with E-state index in [4.69, 9.17) is 4.74 Å². The second-order valence-electron chi connectivity index (χ2n) is 4.46. The van der Waals surface area contributed by atoms with Crippen molar-refractivity contribution >= 4 is 15.9 Å². The maximum absolute atomic E-state index is 5.99. The molecule has 0 radical (unpaired) electrons. The third-order valence-corrected chi connectivity index (χ3v) is 4.22. The molecule has 3 heteroatoms. The number of hydrogen-bond acceptors (Lipinski definition) is 2. The van der Waals surface area contributed by atoms with Crippen molar-refractivity contribution in [3.8, 4) is 5.75 Å². The van der Waals surface area contributed by atoms with Gasteiger partial charge in [-0.05, 0) is 56.5 Å². The highest BCUT2D eigenvalue weighted by Crippen LogP contribution is 2.27. The Hall–Kier alpha value is -0.540. The van der Waals surface area contributed by atoms with Crippen molar-refractivity contribution in [2.75, 3.05) is 13.1 Å². The number of piperidine rings is 1. The van der Waals surface area contributed by atoms with Crippen LogP contribution in [-0.4, -0.2) is 19.2 Å². The maximum atomic E-state index is 5.99. The van der Waals surface area contributed by atoms with E-state index in [1.54, 1.807) is 0 Å². The fraction of sp³-hybridized carbons (Fsp3) is 0.538. The second kappa shape index (κ2) is 5.19. The molecule has 1 aliphatic heterocycles. The Morgan fingerprint density at radius 3 is 2.56 bits per heavy atom. The van der Waals surface area contributed by atoms with E-state index in [0.717, 1.165) is 25.3 Å². The molecule has 0 spiro atoms. The fourth-order valence-electron chi connectivity index (χ4n) is 2.09. The first-order valence-electron chi connectivity index (χ1n) is 5.81. The molecule has 0 amide bonds. The summed E-state index contributed by atoms with van der Waals surface area (Å²) in [5, 5.41) is 3.36. The van der Waals surface area contributed by atoms with Gasteiger partial charge in [0.05, 0.1) is 0 Å². The minimum atomic E-state index is 0.328. The Morgan fingerprint density at radius 1 is 1.31 bits per heavy atom. The third kappa shape index (κ3) is 2.77. The minimum Gasteiger partial charge on any atom is -0.489 e. The molecule has 1 fully saturated rings. The normalized spacial score (nSPS) is 20.8. The first-order chi connectivity index (χ1) is 7.66. The molecule has 1 N–H and O–H groups in total. The molecule has 1 heterocycles. The molecule has 1 aromatic carbocycles. The number of rotatable bonds is 2. The van der Waals surface area contributed by atoms with Crippen molar-refractivity contribution in [1.82, 2.24) is 5.32 Å². The van der Waals surface area contributed by atoms with E-state index in [2.05, 4.69) is 47.2 Å². The van der Waals surface area contributed by atoms with Crippen molar-refractivity contribution in [3.63, 3.8) is 0 Å². The Labute approximate surface area is 106 Å². The highest BCUT2D eigenvalue weighted by Gasteiger charge is 2.14. The second-order valence-corrected chi connectivity index (χ2v) is 5.25. The standard InChI is InChI=1S/C13H18BrNO/c1-9-6-12(7-10(2)13(9)14)16-11-4-3-5-15-8-11/h6-7,11,15H,3-5,8H2,1-2H3. The molecule has 2 nitrogen and oxygen atoms in total. The van der Waals surface area contributed by atoms with E-state index in [1.807, 2.05) is 0 Å². The lowest BCUT2D eigenvalue weighted by molar-refractivity contribution is 0.167. The van der Waals surface area contributed by atoms with Gasteiger partial charge in [0.15, 0.2) is 0 Å². The quantitative estimate of drug-likeness (QED) is 0.900. The zero-order chi connectivity index (χ0) is 11.5. The largest absolute Gasteiger partial charge is 0.489 e. The van der Waals surface area contributed by atoms with Crippen LogP contribution >= 0.6 is 15.9 Å². The fourth-order valence-corrected chi connectivity index (χ4v) is 2.32. The average molecular weight is 284 g/mol. The zero-order valence-electron chi connectivity index (χ0n) is 9.85. The van der Waals surface area contributed by atoms with Gasteiger partial charge in [-0.3, -0.25) is 0 Å². The van der Waals surface area contributed by atoms with Crippen LogP contribution in [0.5, 0.6) is 5.75 Å². The first-order valence-corrected chi connectivity index (χ1v) is 6.60. The summed E-state index contributed by atoms with van der Waals surface area (Å²) in [6, 6.07) is 4.21. The summed E-state index contributed by atoms with van der Waals surface area (Å²) < 4.78 is 7.17. The molecule has 2 rings (SSSR count). The van der Waals surface area contributed by atoms with E-state index in [0.29, 0.717) is 6.10 Å². The molecule has 1 aliphatic rings. The Kier molecular flexibility index (Phi) is 3.87. The molecule has 0 aromatic heterocycles. The maximum Gasteiger partial charge on any atom is 0.120 e. The van der Waals surface area contributed by atoms with Crippen LogP contribution in [0.2, 0.25) is 0 Å². The van der Waals surface area contributed by atoms with Gasteiger partial charge in [0, 0.05) is 11.0 Å². The van der Waals surface area contributed by atoms with Crippen molar-refractivity contribution in [2.24, 2.45) is 0 Å². The molecular weight excluding hydrogens is 266 g/mol. The van der Waals surface area contributed by atoms with Gasteiger partial charge in [-0.1, -0.05) is 15.9 Å². The van der Waals surface area contributed by atoms with Crippen molar-refractivity contribution < 1.29 is 4.74 Å². The SMILES string of the molecule is Cc1cc(OC2CCCNC2)cc(C)c1Br. The monoisotopic (exact) mass is 283 g/mol. The van der Waals surface area contributed by atoms with Crippen molar-refractivity contribution in [1.29, 1.82) is 0 Å². The van der Waals surface area contributed by atoms with Crippen LogP contribution in [0.3, 0.4) is 0 Å². The van der Waals surface area contributed by atoms with E-state index in [1.165, 1.54) is 22.0 Å². The van der Waals surface area contributed by atoms with Gasteiger partial charge in [-0.2, -0.15) is 0 Å². The van der Waals surface area contributed by atoms with Crippen LogP contribution in [0.1, 0.15) is 24.0 Å². The van der Waals surface area contributed by atoms with Crippen LogP contribution < -0.4 is 10.1 Å². The summed E-state index contributed by atoms with van der Waals surface area (Å²) in [5.74, 6) is 0.993. The van der Waals surface area contributed by atoms with Gasteiger partial charge >= 0.3 is 0 Å². The van der Waals surface area contributed by atoms with Gasteiger partial charge in [-0.15, -0.1) is 0 Å². The summed E-state index contributed by atoms with van der Waals surface area (Å²) >= 11 is 3.57. The van der Waals surface area contributed by atoms with Gasteiger partial charge in [0.25, 0.3) is 0 Å². The van der Waals surface area contributed by atoms with Crippen LogP contribution in [0.15, 0.2) is 16.6 Å². The van der Waals surface area contributed by atoms with Crippen molar-refractivity contribution in [2.45, 2.75) is 32.8 Å². The van der Waals surface area contributed by atoms with Crippen molar-refractivity contribution in [3.05, 3.63) is 27.7 Å². The predicted molar refractivity (Wildman–Crippen MR) is 70.1 cm³/mol. The third-order valence-electron chi connectivity index (χ3n) is 2.96. The molecule has 0 bridgehead atoms. The van der Waals surface area contributed by atoms with Gasteiger partial charge in [0.2, 0.25) is 0 Å². The number of benzene rings is 1. The van der Waals surface area contributed by atoms with Crippen LogP contribution in [0.4, 0.5) is 0 Å². The lowest BCUT2D eigenvalue weighted by Crippen LogP contribution is -2.37. The molecule has 0 saturated carbocycles. The Balaban J connectivity index is 2.09. The number of nitrogens with one attached hydrogen (secondary N) is 1. The summed E-state index contributed by atoms with van der Waals surface area (Å²) in [5.41, 5.74) is 2.47. The number of aryl methyl sites for hydroxylation is 2. The smallest absolute Gasteiger partial charge is 0.120 e. The summed E-state index contributed by atoms with van der Waals surface area (Å²) in [6.45, 7) is 6.29. The van der Waals surface area contributed by atoms with Crippen LogP contribution in [-0.2, 0) is 0 Å². The highest BCUT2D eigenvalue weighted by molar-refractivity contribution is 9.10. The molecule has 88 valence electrons. The van der Waals surface area contributed by atoms with Crippen LogP contribution in [0, 0.1) is 13.8 Å². The molecule has 1 aromatic rings. The summed E-state index contributed by atoms with van der Waals surface area (Å²) in [7, 11) is 0. The van der Waals surface area contributed by atoms with Gasteiger partial charge in [-0.25, -0.2) is 0 Å². The molecular formula is C13H18BrNO. The minimum absolute atomic E-state index is 0.328. The lowest BCUT2D eigenvalue weighted by atomic mass is 10.1. The van der Waals surface area contributed by atoms with Gasteiger partial charge in [0.1, 0.15) is 11.9 Å². The number of ether oxygens (including phenoxy) is 1. The summed E-state index contributed by atoms with van der Waals surface area (Å²) in [6.07, 6.45) is 2.69. The van der Waals surface area contributed by atoms with E-state index < -0.39 is 0 Å². The van der Waals surface area contributed by atoms with Gasteiger partial charge < -0.3 is 10.1 Å². The Bertz CT molecular complexity index is 349.